The SMILES string of the molecule is Cc1cc(-c2cc(C(=O)N(C)CCC(N)C(C)C)c3c(C)noc3n2)c(C)o1.Cl. The van der Waals surface area contributed by atoms with Crippen LogP contribution in [0.4, 0.5) is 0 Å². The Labute approximate surface area is 177 Å². The van der Waals surface area contributed by atoms with Crippen molar-refractivity contribution in [1.82, 2.24) is 15.0 Å². The van der Waals surface area contributed by atoms with E-state index in [1.165, 1.54) is 0 Å². The Morgan fingerprint density at radius 2 is 1.93 bits per heavy atom. The Hall–Kier alpha value is -2.38. The number of nitrogens with zero attached hydrogens (tertiary/aromatic N) is 3. The fourth-order valence-corrected chi connectivity index (χ4v) is 3.27. The molecular weight excluding hydrogens is 392 g/mol. The van der Waals surface area contributed by atoms with Crippen LogP contribution in [0.1, 0.15) is 47.8 Å². The number of fused-ring (bicyclic) bond motifs is 1. The van der Waals surface area contributed by atoms with Crippen molar-refractivity contribution in [3.8, 4) is 11.3 Å². The minimum Gasteiger partial charge on any atom is -0.466 e. The molecule has 0 aliphatic rings. The van der Waals surface area contributed by atoms with E-state index in [2.05, 4.69) is 24.0 Å². The maximum atomic E-state index is 13.2. The first-order valence-electron chi connectivity index (χ1n) is 9.54. The molecule has 0 aliphatic heterocycles. The summed E-state index contributed by atoms with van der Waals surface area (Å²) in [4.78, 5) is 19.5. The Morgan fingerprint density at radius 1 is 1.24 bits per heavy atom. The molecule has 29 heavy (non-hydrogen) atoms. The van der Waals surface area contributed by atoms with Gasteiger partial charge < -0.3 is 19.6 Å². The van der Waals surface area contributed by atoms with Crippen molar-refractivity contribution in [2.24, 2.45) is 11.7 Å². The average Bonchev–Trinajstić information content (AvgIpc) is 3.19. The van der Waals surface area contributed by atoms with Crippen LogP contribution in [0.25, 0.3) is 22.4 Å². The van der Waals surface area contributed by atoms with Crippen molar-refractivity contribution in [2.75, 3.05) is 13.6 Å². The lowest BCUT2D eigenvalue weighted by Crippen LogP contribution is -2.34. The summed E-state index contributed by atoms with van der Waals surface area (Å²) in [6, 6.07) is 3.76. The van der Waals surface area contributed by atoms with Gasteiger partial charge in [-0.2, -0.15) is 0 Å². The second-order valence-corrected chi connectivity index (χ2v) is 7.75. The molecule has 1 amide bonds. The molecule has 0 saturated carbocycles. The number of amides is 1. The highest BCUT2D eigenvalue weighted by Crippen LogP contribution is 2.31. The lowest BCUT2D eigenvalue weighted by atomic mass is 10.0. The minimum atomic E-state index is -0.103. The molecule has 3 aromatic rings. The van der Waals surface area contributed by atoms with Gasteiger partial charge in [0.05, 0.1) is 22.3 Å². The summed E-state index contributed by atoms with van der Waals surface area (Å²) < 4.78 is 11.0. The van der Waals surface area contributed by atoms with E-state index in [1.54, 1.807) is 18.0 Å². The molecule has 0 saturated heterocycles. The van der Waals surface area contributed by atoms with E-state index in [4.69, 9.17) is 14.7 Å². The molecule has 158 valence electrons. The highest BCUT2D eigenvalue weighted by Gasteiger charge is 2.23. The van der Waals surface area contributed by atoms with Crippen LogP contribution in [0.2, 0.25) is 0 Å². The Kier molecular flexibility index (Phi) is 7.08. The van der Waals surface area contributed by atoms with Gasteiger partial charge in [-0.15, -0.1) is 12.4 Å². The van der Waals surface area contributed by atoms with E-state index < -0.39 is 0 Å². The van der Waals surface area contributed by atoms with Crippen molar-refractivity contribution >= 4 is 29.4 Å². The third-order valence-electron chi connectivity index (χ3n) is 5.17. The van der Waals surface area contributed by atoms with Gasteiger partial charge in [0, 0.05) is 25.2 Å². The van der Waals surface area contributed by atoms with Gasteiger partial charge in [-0.1, -0.05) is 19.0 Å². The zero-order valence-electron chi connectivity index (χ0n) is 17.8. The molecule has 3 rings (SSSR count). The van der Waals surface area contributed by atoms with Gasteiger partial charge in [-0.3, -0.25) is 4.79 Å². The molecule has 0 aromatic carbocycles. The molecule has 7 nitrogen and oxygen atoms in total. The topological polar surface area (TPSA) is 98.4 Å². The van der Waals surface area contributed by atoms with E-state index >= 15 is 0 Å². The Bertz CT molecular complexity index is 1010. The summed E-state index contributed by atoms with van der Waals surface area (Å²) in [5.41, 5.74) is 9.13. The first-order valence-corrected chi connectivity index (χ1v) is 9.54. The van der Waals surface area contributed by atoms with Crippen molar-refractivity contribution in [1.29, 1.82) is 0 Å². The minimum absolute atomic E-state index is 0. The second-order valence-electron chi connectivity index (χ2n) is 7.75. The fourth-order valence-electron chi connectivity index (χ4n) is 3.27. The van der Waals surface area contributed by atoms with Gasteiger partial charge in [0.15, 0.2) is 0 Å². The number of hydrogen-bond donors (Lipinski definition) is 1. The molecule has 0 fully saturated rings. The van der Waals surface area contributed by atoms with Crippen molar-refractivity contribution < 1.29 is 13.7 Å². The van der Waals surface area contributed by atoms with Crippen molar-refractivity contribution in [3.05, 3.63) is 34.9 Å². The van der Waals surface area contributed by atoms with Crippen LogP contribution in [-0.4, -0.2) is 40.6 Å². The molecule has 0 radical (unpaired) electrons. The number of carbonyl (C=O) groups excluding carboxylic acids is 1. The number of furan rings is 1. The normalized spacial score (nSPS) is 12.3. The highest BCUT2D eigenvalue weighted by atomic mass is 35.5. The van der Waals surface area contributed by atoms with E-state index in [9.17, 15) is 4.79 Å². The van der Waals surface area contributed by atoms with Gasteiger partial charge in [-0.25, -0.2) is 4.98 Å². The van der Waals surface area contributed by atoms with E-state index in [1.807, 2.05) is 26.8 Å². The molecule has 0 bridgehead atoms. The van der Waals surface area contributed by atoms with Gasteiger partial charge in [0.2, 0.25) is 0 Å². The number of nitrogens with two attached hydrogens (primary N) is 1. The number of carbonyl (C=O) groups is 1. The van der Waals surface area contributed by atoms with Crippen molar-refractivity contribution in [2.45, 2.75) is 47.1 Å². The molecule has 2 N–H and O–H groups in total. The van der Waals surface area contributed by atoms with Crippen LogP contribution in [0.3, 0.4) is 0 Å². The predicted octanol–water partition coefficient (Wildman–Crippen LogP) is 4.28. The molecule has 3 heterocycles. The fraction of sp³-hybridized carbons (Fsp3) is 0.476. The lowest BCUT2D eigenvalue weighted by Gasteiger charge is -2.22. The number of aromatic nitrogens is 2. The molecular formula is C21H29ClN4O3. The van der Waals surface area contributed by atoms with Crippen LogP contribution < -0.4 is 5.73 Å². The summed E-state index contributed by atoms with van der Waals surface area (Å²) in [6.07, 6.45) is 0.740. The molecule has 0 aliphatic carbocycles. The van der Waals surface area contributed by atoms with Crippen LogP contribution in [0.15, 0.2) is 21.1 Å². The second kappa shape index (κ2) is 8.97. The van der Waals surface area contributed by atoms with E-state index in [0.717, 1.165) is 23.5 Å². The summed E-state index contributed by atoms with van der Waals surface area (Å²) in [6.45, 7) is 10.3. The standard InChI is InChI=1S/C21H28N4O3.ClH/c1-11(2)17(22)7-8-25(6)21(26)16-10-18(15-9-12(3)27-14(15)5)23-20-19(16)13(4)24-28-20;/h9-11,17H,7-8,22H2,1-6H3;1H. The summed E-state index contributed by atoms with van der Waals surface area (Å²) in [7, 11) is 1.79. The van der Waals surface area contributed by atoms with Gasteiger partial charge in [-0.05, 0) is 45.2 Å². The van der Waals surface area contributed by atoms with Gasteiger partial charge >= 0.3 is 0 Å². The number of aryl methyl sites for hydroxylation is 3. The number of pyridine rings is 1. The maximum Gasteiger partial charge on any atom is 0.259 e. The number of halogens is 1. The highest BCUT2D eigenvalue weighted by molar-refractivity contribution is 6.06. The van der Waals surface area contributed by atoms with Crippen LogP contribution in [-0.2, 0) is 0 Å². The zero-order valence-corrected chi connectivity index (χ0v) is 18.6. The molecule has 1 atom stereocenters. The average molecular weight is 421 g/mol. The van der Waals surface area contributed by atoms with Gasteiger partial charge in [0.1, 0.15) is 11.5 Å². The molecule has 8 heteroatoms. The van der Waals surface area contributed by atoms with E-state index in [0.29, 0.717) is 40.5 Å². The predicted molar refractivity (Wildman–Crippen MR) is 115 cm³/mol. The smallest absolute Gasteiger partial charge is 0.259 e. The number of hydrogen-bond acceptors (Lipinski definition) is 6. The van der Waals surface area contributed by atoms with Crippen LogP contribution in [0, 0.1) is 26.7 Å². The molecule has 0 spiro atoms. The largest absolute Gasteiger partial charge is 0.466 e. The van der Waals surface area contributed by atoms with Crippen LogP contribution in [0.5, 0.6) is 0 Å². The number of rotatable bonds is 6. The molecule has 1 unspecified atom stereocenters. The maximum absolute atomic E-state index is 13.2. The summed E-state index contributed by atoms with van der Waals surface area (Å²) in [5.74, 6) is 1.80. The summed E-state index contributed by atoms with van der Waals surface area (Å²) >= 11 is 0. The first-order chi connectivity index (χ1) is 13.2. The Balaban J connectivity index is 0.00000300. The van der Waals surface area contributed by atoms with Gasteiger partial charge in [0.25, 0.3) is 11.6 Å². The third-order valence-corrected chi connectivity index (χ3v) is 5.17. The first kappa shape index (κ1) is 22.9. The Morgan fingerprint density at radius 3 is 2.52 bits per heavy atom. The third kappa shape index (κ3) is 4.62. The molecule has 3 aromatic heterocycles. The summed E-state index contributed by atoms with van der Waals surface area (Å²) in [5, 5.41) is 4.65. The quantitative estimate of drug-likeness (QED) is 0.639. The van der Waals surface area contributed by atoms with Crippen LogP contribution >= 0.6 is 12.4 Å². The monoisotopic (exact) mass is 420 g/mol. The lowest BCUT2D eigenvalue weighted by molar-refractivity contribution is 0.0791. The van der Waals surface area contributed by atoms with E-state index in [-0.39, 0.29) is 24.4 Å². The zero-order chi connectivity index (χ0) is 20.6. The van der Waals surface area contributed by atoms with Crippen molar-refractivity contribution in [3.63, 3.8) is 0 Å².